The second-order valence-electron chi connectivity index (χ2n) is 13.8. The summed E-state index contributed by atoms with van der Waals surface area (Å²) in [6, 6.07) is 17.9. The highest BCUT2D eigenvalue weighted by molar-refractivity contribution is 6.33. The van der Waals surface area contributed by atoms with E-state index < -0.39 is 23.3 Å². The van der Waals surface area contributed by atoms with Gasteiger partial charge in [-0.15, -0.1) is 0 Å². The third-order valence-electron chi connectivity index (χ3n) is 10.6. The van der Waals surface area contributed by atoms with Gasteiger partial charge in [-0.3, -0.25) is 4.79 Å². The SMILES string of the molecule is CCN(CC)CCCn1c(C(CC(=O)N2CCC(N3CCc4ccccc4NC3=O)CC2)Cc2cc(Cl)c(N)c(C(F)(F)F)c2)nc2ccccc21. The fourth-order valence-corrected chi connectivity index (χ4v) is 7.95. The number of piperidine rings is 1. The number of para-hydroxylation sites is 3. The molecule has 0 radical (unpaired) electrons. The molecular formula is C39H47ClF3N7O2. The first kappa shape index (κ1) is 37.5. The molecule has 3 amide bonds. The fraction of sp³-hybridized carbons (Fsp3) is 0.462. The van der Waals surface area contributed by atoms with Gasteiger partial charge in [-0.25, -0.2) is 9.78 Å². The summed E-state index contributed by atoms with van der Waals surface area (Å²) < 4.78 is 44.2. The Balaban J connectivity index is 1.25. The molecule has 1 atom stereocenters. The van der Waals surface area contributed by atoms with E-state index in [1.807, 2.05) is 58.3 Å². The Morgan fingerprint density at radius 3 is 2.50 bits per heavy atom. The molecule has 6 rings (SSSR count). The van der Waals surface area contributed by atoms with Crippen molar-refractivity contribution in [3.63, 3.8) is 0 Å². The molecule has 1 aromatic heterocycles. The Morgan fingerprint density at radius 2 is 1.77 bits per heavy atom. The number of nitrogens with one attached hydrogen (secondary N) is 1. The van der Waals surface area contributed by atoms with E-state index in [9.17, 15) is 22.8 Å². The number of hydrogen-bond acceptors (Lipinski definition) is 5. The van der Waals surface area contributed by atoms with E-state index in [2.05, 4.69) is 28.6 Å². The third kappa shape index (κ3) is 8.33. The lowest BCUT2D eigenvalue weighted by Gasteiger charge is -2.38. The molecule has 1 fully saturated rings. The van der Waals surface area contributed by atoms with Gasteiger partial charge in [0.15, 0.2) is 0 Å². The van der Waals surface area contributed by atoms with Crippen LogP contribution >= 0.6 is 11.6 Å². The second-order valence-corrected chi connectivity index (χ2v) is 14.2. The molecule has 3 aromatic carbocycles. The summed E-state index contributed by atoms with van der Waals surface area (Å²) in [6.45, 7) is 9.16. The number of nitrogen functional groups attached to an aromatic ring is 1. The number of fused-ring (bicyclic) bond motifs is 2. The molecular weight excluding hydrogens is 691 g/mol. The molecule has 1 unspecified atom stereocenters. The number of nitrogens with zero attached hydrogens (tertiary/aromatic N) is 5. The first-order valence-corrected chi connectivity index (χ1v) is 18.6. The van der Waals surface area contributed by atoms with Crippen LogP contribution in [-0.4, -0.2) is 81.5 Å². The Hall–Kier alpha value is -4.29. The monoisotopic (exact) mass is 737 g/mol. The maximum absolute atomic E-state index is 14.1. The number of carbonyl (C=O) groups excluding carboxylic acids is 2. The van der Waals surface area contributed by atoms with Crippen molar-refractivity contribution in [3.8, 4) is 0 Å². The number of benzene rings is 3. The third-order valence-corrected chi connectivity index (χ3v) is 10.9. The van der Waals surface area contributed by atoms with Crippen molar-refractivity contribution < 1.29 is 22.8 Å². The molecule has 1 saturated heterocycles. The van der Waals surface area contributed by atoms with Crippen LogP contribution in [0.5, 0.6) is 0 Å². The van der Waals surface area contributed by atoms with Gasteiger partial charge < -0.3 is 30.3 Å². The predicted molar refractivity (Wildman–Crippen MR) is 200 cm³/mol. The van der Waals surface area contributed by atoms with Crippen LogP contribution in [-0.2, 0) is 30.4 Å². The highest BCUT2D eigenvalue weighted by Gasteiger charge is 2.36. The minimum Gasteiger partial charge on any atom is -0.397 e. The largest absolute Gasteiger partial charge is 0.418 e. The number of imidazole rings is 1. The maximum Gasteiger partial charge on any atom is 0.418 e. The average Bonchev–Trinajstić information content (AvgIpc) is 3.40. The van der Waals surface area contributed by atoms with Crippen molar-refractivity contribution in [1.29, 1.82) is 0 Å². The average molecular weight is 738 g/mol. The number of anilines is 2. The van der Waals surface area contributed by atoms with Gasteiger partial charge in [-0.05, 0) is 93.2 Å². The van der Waals surface area contributed by atoms with Crippen molar-refractivity contribution >= 4 is 45.9 Å². The lowest BCUT2D eigenvalue weighted by atomic mass is 9.92. The summed E-state index contributed by atoms with van der Waals surface area (Å²) in [5, 5.41) is 2.87. The number of likely N-dealkylation sites (tertiary alicyclic amines) is 1. The smallest absolute Gasteiger partial charge is 0.397 e. The molecule has 4 aromatic rings. The van der Waals surface area contributed by atoms with Gasteiger partial charge in [-0.1, -0.05) is 55.8 Å². The van der Waals surface area contributed by atoms with E-state index >= 15 is 0 Å². The van der Waals surface area contributed by atoms with Crippen molar-refractivity contribution in [3.05, 3.63) is 88.2 Å². The lowest BCUT2D eigenvalue weighted by molar-refractivity contribution is -0.137. The zero-order valence-electron chi connectivity index (χ0n) is 29.8. The highest BCUT2D eigenvalue weighted by atomic mass is 35.5. The second kappa shape index (κ2) is 16.2. The molecule has 2 aliphatic heterocycles. The van der Waals surface area contributed by atoms with Crippen LogP contribution in [0, 0.1) is 0 Å². The van der Waals surface area contributed by atoms with E-state index in [4.69, 9.17) is 22.3 Å². The van der Waals surface area contributed by atoms with Crippen molar-refractivity contribution in [2.24, 2.45) is 0 Å². The van der Waals surface area contributed by atoms with Crippen LogP contribution in [0.1, 0.15) is 68.0 Å². The van der Waals surface area contributed by atoms with Gasteiger partial charge in [-0.2, -0.15) is 13.2 Å². The number of amides is 3. The number of rotatable bonds is 12. The first-order chi connectivity index (χ1) is 25.0. The highest BCUT2D eigenvalue weighted by Crippen LogP contribution is 2.39. The van der Waals surface area contributed by atoms with Gasteiger partial charge in [0, 0.05) is 50.2 Å². The van der Waals surface area contributed by atoms with Crippen molar-refractivity contribution in [1.82, 2.24) is 24.3 Å². The normalized spacial score (nSPS) is 16.2. The summed E-state index contributed by atoms with van der Waals surface area (Å²) >= 11 is 6.27. The maximum atomic E-state index is 14.1. The number of halogens is 4. The quantitative estimate of drug-likeness (QED) is 0.145. The Labute approximate surface area is 307 Å². The number of hydrogen-bond donors (Lipinski definition) is 2. The predicted octanol–water partition coefficient (Wildman–Crippen LogP) is 7.82. The topological polar surface area (TPSA) is 99.7 Å². The lowest BCUT2D eigenvalue weighted by Crippen LogP contribution is -2.50. The Morgan fingerprint density at radius 1 is 1.06 bits per heavy atom. The van der Waals surface area contributed by atoms with E-state index in [-0.39, 0.29) is 35.8 Å². The molecule has 2 aliphatic rings. The molecule has 0 saturated carbocycles. The van der Waals surface area contributed by atoms with E-state index in [0.29, 0.717) is 50.4 Å². The molecule has 278 valence electrons. The number of aryl methyl sites for hydroxylation is 1. The fourth-order valence-electron chi connectivity index (χ4n) is 7.70. The van der Waals surface area contributed by atoms with E-state index in [1.165, 1.54) is 6.07 Å². The van der Waals surface area contributed by atoms with Crippen molar-refractivity contribution in [2.75, 3.05) is 50.3 Å². The van der Waals surface area contributed by atoms with Gasteiger partial charge in [0.25, 0.3) is 0 Å². The standard InChI is InChI=1S/C39H47ClF3N7O2/c1-3-47(4-2)17-9-18-50-34-13-8-7-12-33(34)45-37(50)28(22-26-23-30(39(41,42)43)36(44)31(40)24-26)25-35(51)48-19-15-29(16-20-48)49-21-14-27-10-5-6-11-32(27)46-38(49)52/h5-8,10-13,23-24,28-29H,3-4,9,14-22,25,44H2,1-2H3,(H,46,52). The molecule has 0 aliphatic carbocycles. The Bertz CT molecular complexity index is 1890. The number of nitrogens with two attached hydrogens (primary N) is 1. The zero-order chi connectivity index (χ0) is 37.0. The van der Waals surface area contributed by atoms with Gasteiger partial charge in [0.2, 0.25) is 5.91 Å². The molecule has 0 bridgehead atoms. The summed E-state index contributed by atoms with van der Waals surface area (Å²) in [6.07, 6.45) is -1.68. The summed E-state index contributed by atoms with van der Waals surface area (Å²) in [5.41, 5.74) is 8.22. The minimum atomic E-state index is -4.69. The van der Waals surface area contributed by atoms with Crippen LogP contribution in [0.2, 0.25) is 5.02 Å². The number of alkyl halides is 3. The molecule has 3 N–H and O–H groups in total. The first-order valence-electron chi connectivity index (χ1n) is 18.2. The molecule has 52 heavy (non-hydrogen) atoms. The number of urea groups is 1. The van der Waals surface area contributed by atoms with Crippen LogP contribution in [0.4, 0.5) is 29.3 Å². The number of aromatic nitrogens is 2. The summed E-state index contributed by atoms with van der Waals surface area (Å²) in [4.78, 5) is 38.4. The zero-order valence-corrected chi connectivity index (χ0v) is 30.5. The van der Waals surface area contributed by atoms with Gasteiger partial charge in [0.1, 0.15) is 5.82 Å². The Kier molecular flexibility index (Phi) is 11.6. The van der Waals surface area contributed by atoms with E-state index in [1.54, 1.807) is 0 Å². The van der Waals surface area contributed by atoms with Crippen molar-refractivity contribution in [2.45, 2.75) is 77.1 Å². The summed E-state index contributed by atoms with van der Waals surface area (Å²) in [5.74, 6) is 0.0172. The molecule has 9 nitrogen and oxygen atoms in total. The molecule has 0 spiro atoms. The molecule has 3 heterocycles. The number of carbonyl (C=O) groups is 2. The van der Waals surface area contributed by atoms with Gasteiger partial charge >= 0.3 is 12.2 Å². The van der Waals surface area contributed by atoms with Gasteiger partial charge in [0.05, 0.1) is 27.3 Å². The van der Waals surface area contributed by atoms with Crippen LogP contribution < -0.4 is 11.1 Å². The van der Waals surface area contributed by atoms with Crippen LogP contribution in [0.3, 0.4) is 0 Å². The summed E-state index contributed by atoms with van der Waals surface area (Å²) in [7, 11) is 0. The minimum absolute atomic E-state index is 0.0122. The molecule has 13 heteroatoms. The van der Waals surface area contributed by atoms with Crippen LogP contribution in [0.25, 0.3) is 11.0 Å². The van der Waals surface area contributed by atoms with Crippen LogP contribution in [0.15, 0.2) is 60.7 Å². The van der Waals surface area contributed by atoms with E-state index in [0.717, 1.165) is 60.8 Å².